The first-order chi connectivity index (χ1) is 7.30. The maximum atomic E-state index is 11.8. The Hall–Kier alpha value is -0.580. The van der Waals surface area contributed by atoms with Crippen molar-refractivity contribution in [2.75, 3.05) is 13.6 Å². The monoisotopic (exact) mass is 260 g/mol. The number of amides is 1. The summed E-state index contributed by atoms with van der Waals surface area (Å²) in [6, 6.07) is 3.86. The van der Waals surface area contributed by atoms with Crippen molar-refractivity contribution in [1.82, 2.24) is 4.90 Å². The Morgan fingerprint density at radius 2 is 2.19 bits per heavy atom. The van der Waals surface area contributed by atoms with Gasteiger partial charge < -0.3 is 10.6 Å². The zero-order valence-electron chi connectivity index (χ0n) is 9.79. The second-order valence-electron chi connectivity index (χ2n) is 4.40. The average molecular weight is 261 g/mol. The van der Waals surface area contributed by atoms with Crippen molar-refractivity contribution in [1.29, 1.82) is 0 Å². The van der Waals surface area contributed by atoms with Gasteiger partial charge >= 0.3 is 0 Å². The van der Waals surface area contributed by atoms with Gasteiger partial charge in [0.25, 0.3) is 0 Å². The van der Waals surface area contributed by atoms with Crippen LogP contribution in [0, 0.1) is 0 Å². The SMILES string of the molecule is CN(CCc1ccc(Cl)s1)C(=O)C(C)(C)N. The molecule has 0 atom stereocenters. The van der Waals surface area contributed by atoms with Crippen LogP contribution in [0.5, 0.6) is 0 Å². The van der Waals surface area contributed by atoms with E-state index in [2.05, 4.69) is 0 Å². The fourth-order valence-corrected chi connectivity index (χ4v) is 2.43. The Labute approximate surface area is 105 Å². The summed E-state index contributed by atoms with van der Waals surface area (Å²) in [4.78, 5) is 14.6. The summed E-state index contributed by atoms with van der Waals surface area (Å²) in [5, 5.41) is 0. The number of hydrogen-bond donors (Lipinski definition) is 1. The van der Waals surface area contributed by atoms with Gasteiger partial charge in [0.05, 0.1) is 9.88 Å². The second-order valence-corrected chi connectivity index (χ2v) is 6.20. The van der Waals surface area contributed by atoms with Crippen LogP contribution in [0.2, 0.25) is 4.34 Å². The summed E-state index contributed by atoms with van der Waals surface area (Å²) in [7, 11) is 1.77. The molecule has 0 saturated heterocycles. The van der Waals surface area contributed by atoms with Gasteiger partial charge in [-0.3, -0.25) is 4.79 Å². The largest absolute Gasteiger partial charge is 0.344 e. The highest BCUT2D eigenvalue weighted by atomic mass is 35.5. The van der Waals surface area contributed by atoms with Crippen molar-refractivity contribution < 1.29 is 4.79 Å². The first-order valence-corrected chi connectivity index (χ1v) is 6.29. The molecule has 5 heteroatoms. The van der Waals surface area contributed by atoms with E-state index in [4.69, 9.17) is 17.3 Å². The Balaban J connectivity index is 2.47. The Morgan fingerprint density at radius 1 is 1.56 bits per heavy atom. The zero-order valence-corrected chi connectivity index (χ0v) is 11.4. The lowest BCUT2D eigenvalue weighted by Gasteiger charge is -2.25. The van der Waals surface area contributed by atoms with E-state index in [0.29, 0.717) is 6.54 Å². The summed E-state index contributed by atoms with van der Waals surface area (Å²) in [6.45, 7) is 4.10. The lowest BCUT2D eigenvalue weighted by molar-refractivity contribution is -0.134. The number of hydrogen-bond acceptors (Lipinski definition) is 3. The third-order valence-corrected chi connectivity index (χ3v) is 3.51. The van der Waals surface area contributed by atoms with E-state index in [1.54, 1.807) is 37.1 Å². The third kappa shape index (κ3) is 3.77. The topological polar surface area (TPSA) is 46.3 Å². The van der Waals surface area contributed by atoms with Crippen LogP contribution in [0.25, 0.3) is 0 Å². The molecule has 1 aromatic rings. The highest BCUT2D eigenvalue weighted by molar-refractivity contribution is 7.16. The Morgan fingerprint density at radius 3 is 2.62 bits per heavy atom. The third-order valence-electron chi connectivity index (χ3n) is 2.22. The minimum atomic E-state index is -0.804. The Bertz CT molecular complexity index is 370. The number of likely N-dealkylation sites (N-methyl/N-ethyl adjacent to an activating group) is 1. The summed E-state index contributed by atoms with van der Waals surface area (Å²) < 4.78 is 0.781. The van der Waals surface area contributed by atoms with E-state index in [9.17, 15) is 4.79 Å². The molecule has 0 spiro atoms. The molecule has 16 heavy (non-hydrogen) atoms. The minimum Gasteiger partial charge on any atom is -0.344 e. The molecule has 90 valence electrons. The molecule has 0 aliphatic carbocycles. The molecule has 1 amide bonds. The maximum absolute atomic E-state index is 11.8. The smallest absolute Gasteiger partial charge is 0.241 e. The quantitative estimate of drug-likeness (QED) is 0.902. The standard InChI is InChI=1S/C11H17ClN2OS/c1-11(2,13)10(15)14(3)7-6-8-4-5-9(12)16-8/h4-5H,6-7,13H2,1-3H3. The number of carbonyl (C=O) groups is 1. The first kappa shape index (κ1) is 13.5. The van der Waals surface area contributed by atoms with Crippen LogP contribution in [-0.4, -0.2) is 29.9 Å². The van der Waals surface area contributed by atoms with Gasteiger partial charge in [-0.2, -0.15) is 0 Å². The van der Waals surface area contributed by atoms with Crippen LogP contribution in [0.15, 0.2) is 12.1 Å². The average Bonchev–Trinajstić information content (AvgIpc) is 2.58. The predicted molar refractivity (Wildman–Crippen MR) is 68.9 cm³/mol. The number of carbonyl (C=O) groups excluding carboxylic acids is 1. The van der Waals surface area contributed by atoms with Gasteiger partial charge in [0, 0.05) is 18.5 Å². The molecule has 1 rings (SSSR count). The zero-order chi connectivity index (χ0) is 12.3. The fraction of sp³-hybridized carbons (Fsp3) is 0.545. The molecular formula is C11H17ClN2OS. The van der Waals surface area contributed by atoms with Crippen LogP contribution < -0.4 is 5.73 Å². The molecule has 0 aromatic carbocycles. The van der Waals surface area contributed by atoms with Crippen LogP contribution in [0.4, 0.5) is 0 Å². The van der Waals surface area contributed by atoms with E-state index in [-0.39, 0.29) is 5.91 Å². The number of nitrogens with zero attached hydrogens (tertiary/aromatic N) is 1. The summed E-state index contributed by atoms with van der Waals surface area (Å²) >= 11 is 7.37. The second kappa shape index (κ2) is 5.17. The summed E-state index contributed by atoms with van der Waals surface area (Å²) in [5.74, 6) is -0.0462. The van der Waals surface area contributed by atoms with Crippen molar-refractivity contribution in [3.05, 3.63) is 21.3 Å². The molecule has 0 radical (unpaired) electrons. The van der Waals surface area contributed by atoms with Crippen molar-refractivity contribution >= 4 is 28.8 Å². The number of thiophene rings is 1. The molecule has 0 aliphatic heterocycles. The van der Waals surface area contributed by atoms with Crippen LogP contribution in [-0.2, 0) is 11.2 Å². The molecule has 0 saturated carbocycles. The van der Waals surface area contributed by atoms with Gasteiger partial charge in [0.1, 0.15) is 0 Å². The molecule has 0 unspecified atom stereocenters. The van der Waals surface area contributed by atoms with Crippen molar-refractivity contribution in [2.24, 2.45) is 5.73 Å². The Kier molecular flexibility index (Phi) is 4.35. The van der Waals surface area contributed by atoms with Gasteiger partial charge in [-0.25, -0.2) is 0 Å². The van der Waals surface area contributed by atoms with E-state index >= 15 is 0 Å². The molecule has 3 nitrogen and oxygen atoms in total. The van der Waals surface area contributed by atoms with E-state index in [1.807, 2.05) is 12.1 Å². The van der Waals surface area contributed by atoms with Gasteiger partial charge in [-0.1, -0.05) is 11.6 Å². The number of nitrogens with two attached hydrogens (primary N) is 1. The first-order valence-electron chi connectivity index (χ1n) is 5.09. The fourth-order valence-electron chi connectivity index (χ4n) is 1.36. The van der Waals surface area contributed by atoms with Crippen LogP contribution in [0.3, 0.4) is 0 Å². The molecule has 0 bridgehead atoms. The van der Waals surface area contributed by atoms with E-state index < -0.39 is 5.54 Å². The molecule has 0 fully saturated rings. The van der Waals surface area contributed by atoms with Crippen LogP contribution in [0.1, 0.15) is 18.7 Å². The molecule has 2 N–H and O–H groups in total. The molecule has 1 aromatic heterocycles. The highest BCUT2D eigenvalue weighted by Crippen LogP contribution is 2.21. The van der Waals surface area contributed by atoms with E-state index in [1.165, 1.54) is 4.88 Å². The van der Waals surface area contributed by atoms with Gasteiger partial charge in [0.2, 0.25) is 5.91 Å². The summed E-state index contributed by atoms with van der Waals surface area (Å²) in [5.41, 5.74) is 4.94. The van der Waals surface area contributed by atoms with Crippen molar-refractivity contribution in [3.8, 4) is 0 Å². The van der Waals surface area contributed by atoms with Crippen molar-refractivity contribution in [3.63, 3.8) is 0 Å². The number of halogens is 1. The van der Waals surface area contributed by atoms with Gasteiger partial charge in [-0.15, -0.1) is 11.3 Å². The molecule has 1 heterocycles. The minimum absolute atomic E-state index is 0.0462. The highest BCUT2D eigenvalue weighted by Gasteiger charge is 2.25. The maximum Gasteiger partial charge on any atom is 0.241 e. The lowest BCUT2D eigenvalue weighted by atomic mass is 10.1. The summed E-state index contributed by atoms with van der Waals surface area (Å²) in [6.07, 6.45) is 0.815. The normalized spacial score (nSPS) is 11.6. The lowest BCUT2D eigenvalue weighted by Crippen LogP contribution is -2.50. The van der Waals surface area contributed by atoms with Crippen LogP contribution >= 0.6 is 22.9 Å². The van der Waals surface area contributed by atoms with Gasteiger partial charge in [0.15, 0.2) is 0 Å². The van der Waals surface area contributed by atoms with Crippen molar-refractivity contribution in [2.45, 2.75) is 25.8 Å². The molecular weight excluding hydrogens is 244 g/mol. The molecule has 0 aliphatic rings. The predicted octanol–water partition coefficient (Wildman–Crippen LogP) is 2.14. The van der Waals surface area contributed by atoms with E-state index in [0.717, 1.165) is 10.8 Å². The van der Waals surface area contributed by atoms with Gasteiger partial charge in [-0.05, 0) is 32.4 Å². The number of rotatable bonds is 4.